The Morgan fingerprint density at radius 2 is 1.53 bits per heavy atom. The van der Waals surface area contributed by atoms with Crippen molar-refractivity contribution in [2.45, 2.75) is 54.1 Å². The molecule has 0 saturated carbocycles. The summed E-state index contributed by atoms with van der Waals surface area (Å²) in [6.45, 7) is 6.60. The third kappa shape index (κ3) is 12.9. The van der Waals surface area contributed by atoms with Crippen molar-refractivity contribution in [3.63, 3.8) is 0 Å². The molecular formula is C49H54ClF3N5O7PS2. The summed E-state index contributed by atoms with van der Waals surface area (Å²) < 4.78 is 89.9. The average Bonchev–Trinajstić information content (AvgIpc) is 3.33. The Balaban J connectivity index is 1.05. The van der Waals surface area contributed by atoms with E-state index in [1.807, 2.05) is 66.7 Å². The molecule has 7 rings (SSSR count). The SMILES string of the molecule is CCOP(=O)(NC(=O)c1ccc(N2CCN(Cc3ccccc3-c3ccc(Cl)cc3)CC2)cc1)c1ccc(N[C@@H](CCN2CCC(C(=O)O)CC2)CSc2ccccc2)c(S(=O)(=O)C(F)(F)F)c1. The summed E-state index contributed by atoms with van der Waals surface area (Å²) >= 11 is 7.56. The van der Waals surface area contributed by atoms with Crippen LogP contribution in [0.5, 0.6) is 0 Å². The minimum absolute atomic E-state index is 0.110. The molecule has 1 unspecified atom stereocenters. The van der Waals surface area contributed by atoms with Gasteiger partial charge in [-0.2, -0.15) is 13.2 Å². The molecule has 0 bridgehead atoms. The van der Waals surface area contributed by atoms with Crippen LogP contribution in [0.1, 0.15) is 42.1 Å². The molecule has 68 heavy (non-hydrogen) atoms. The number of aliphatic carboxylic acids is 1. The van der Waals surface area contributed by atoms with Gasteiger partial charge in [0.05, 0.1) is 23.5 Å². The number of halogens is 4. The second-order valence-electron chi connectivity index (χ2n) is 16.7. The molecule has 0 aliphatic carbocycles. The molecule has 2 aliphatic heterocycles. The molecule has 5 aromatic rings. The molecule has 362 valence electrons. The van der Waals surface area contributed by atoms with Crippen molar-refractivity contribution >= 4 is 69.3 Å². The minimum atomic E-state index is -6.03. The third-order valence-electron chi connectivity index (χ3n) is 12.2. The van der Waals surface area contributed by atoms with Gasteiger partial charge in [-0.05, 0) is 123 Å². The number of anilines is 2. The lowest BCUT2D eigenvalue weighted by atomic mass is 9.97. The monoisotopic (exact) mass is 1010 g/mol. The zero-order valence-electron chi connectivity index (χ0n) is 37.4. The van der Waals surface area contributed by atoms with Crippen LogP contribution in [0.4, 0.5) is 24.5 Å². The zero-order chi connectivity index (χ0) is 48.5. The van der Waals surface area contributed by atoms with Crippen LogP contribution in [0.3, 0.4) is 0 Å². The van der Waals surface area contributed by atoms with E-state index < -0.39 is 56.9 Å². The molecule has 2 aliphatic rings. The van der Waals surface area contributed by atoms with Gasteiger partial charge in [0.1, 0.15) is 4.90 Å². The Kier molecular flexibility index (Phi) is 17.0. The van der Waals surface area contributed by atoms with Crippen LogP contribution in [0, 0.1) is 5.92 Å². The van der Waals surface area contributed by atoms with Gasteiger partial charge in [-0.25, -0.2) is 8.42 Å². The maximum absolute atomic E-state index is 14.5. The van der Waals surface area contributed by atoms with Crippen molar-refractivity contribution in [3.8, 4) is 11.1 Å². The van der Waals surface area contributed by atoms with Crippen LogP contribution in [0.25, 0.3) is 11.1 Å². The van der Waals surface area contributed by atoms with Gasteiger partial charge in [-0.1, -0.05) is 66.2 Å². The van der Waals surface area contributed by atoms with E-state index in [1.165, 1.54) is 30.3 Å². The van der Waals surface area contributed by atoms with Gasteiger partial charge < -0.3 is 24.7 Å². The van der Waals surface area contributed by atoms with E-state index >= 15 is 0 Å². The van der Waals surface area contributed by atoms with Crippen molar-refractivity contribution in [1.82, 2.24) is 14.9 Å². The number of rotatable bonds is 19. The lowest BCUT2D eigenvalue weighted by Gasteiger charge is -2.36. The number of nitrogens with zero attached hydrogens (tertiary/aromatic N) is 3. The summed E-state index contributed by atoms with van der Waals surface area (Å²) in [7, 11) is -10.6. The van der Waals surface area contributed by atoms with E-state index in [0.717, 1.165) is 60.5 Å². The largest absolute Gasteiger partial charge is 0.501 e. The molecule has 3 N–H and O–H groups in total. The first-order valence-corrected chi connectivity index (χ1v) is 26.8. The van der Waals surface area contributed by atoms with Gasteiger partial charge >= 0.3 is 19.0 Å². The van der Waals surface area contributed by atoms with Crippen LogP contribution in [-0.4, -0.2) is 105 Å². The van der Waals surface area contributed by atoms with E-state index in [1.54, 1.807) is 24.3 Å². The number of carboxylic acid groups (broad SMARTS) is 1. The van der Waals surface area contributed by atoms with E-state index in [2.05, 4.69) is 37.2 Å². The predicted molar refractivity (Wildman–Crippen MR) is 263 cm³/mol. The molecule has 12 nitrogen and oxygen atoms in total. The first-order chi connectivity index (χ1) is 32.5. The molecule has 19 heteroatoms. The Labute approximate surface area is 404 Å². The Bertz CT molecular complexity index is 2670. The summed E-state index contributed by atoms with van der Waals surface area (Å²) in [6, 6.07) is 34.5. The van der Waals surface area contributed by atoms with Gasteiger partial charge in [-0.3, -0.25) is 24.1 Å². The van der Waals surface area contributed by atoms with E-state index in [9.17, 15) is 40.8 Å². The number of piperazine rings is 1. The van der Waals surface area contributed by atoms with Gasteiger partial charge in [0.15, 0.2) is 0 Å². The Hall–Kier alpha value is -4.87. The fourth-order valence-electron chi connectivity index (χ4n) is 8.38. The number of nitrogens with one attached hydrogen (secondary N) is 2. The number of sulfone groups is 1. The topological polar surface area (TPSA) is 149 Å². The number of alkyl halides is 3. The highest BCUT2D eigenvalue weighted by Crippen LogP contribution is 2.44. The third-order valence-corrected chi connectivity index (χ3v) is 17.2. The van der Waals surface area contributed by atoms with E-state index in [0.29, 0.717) is 55.7 Å². The van der Waals surface area contributed by atoms with E-state index in [4.69, 9.17) is 16.1 Å². The highest BCUT2D eigenvalue weighted by atomic mass is 35.5. The number of carboxylic acids is 1. The molecule has 2 heterocycles. The molecule has 0 aromatic heterocycles. The summed E-state index contributed by atoms with van der Waals surface area (Å²) in [5.41, 5.74) is -1.66. The molecule has 2 atom stereocenters. The Morgan fingerprint density at radius 1 is 0.868 bits per heavy atom. The molecular weight excluding hydrogens is 958 g/mol. The minimum Gasteiger partial charge on any atom is -0.481 e. The fraction of sp³-hybridized carbons (Fsp3) is 0.347. The second-order valence-corrected chi connectivity index (χ2v) is 22.3. The summed E-state index contributed by atoms with van der Waals surface area (Å²) in [5, 5.41) is 15.1. The number of amides is 1. The summed E-state index contributed by atoms with van der Waals surface area (Å²) in [4.78, 5) is 31.6. The zero-order valence-corrected chi connectivity index (χ0v) is 40.7. The van der Waals surface area contributed by atoms with Crippen LogP contribution in [-0.2, 0) is 30.3 Å². The molecule has 1 amide bonds. The second kappa shape index (κ2) is 22.7. The van der Waals surface area contributed by atoms with Crippen molar-refractivity contribution in [3.05, 3.63) is 137 Å². The lowest BCUT2D eigenvalue weighted by Crippen LogP contribution is -2.46. The number of hydrogen-bond acceptors (Lipinski definition) is 11. The number of thioether (sulfide) groups is 1. The Morgan fingerprint density at radius 3 is 2.18 bits per heavy atom. The number of likely N-dealkylation sites (tertiary alicyclic amines) is 1. The van der Waals surface area contributed by atoms with Crippen LogP contribution in [0.15, 0.2) is 131 Å². The standard InChI is InChI=1S/C49H54ClF3N5O7PS2/c1-2-65-66(62,55-47(59)36-14-18-41(19-15-36)58-30-28-57(29-31-58)33-38-8-6-7-11-44(38)35-12-16-39(50)17-13-35)42-20-21-45(46(32-42)68(63,64)49(51,52)53)54-40(34-67-43-9-4-3-5-10-43)24-27-56-25-22-37(23-26-56)48(60)61/h3-21,32,37,40,54H,2,22-31,33-34H2,1H3,(H,60,61)(H,55,59,62)/t40-,66?/m0/s1. The normalized spacial score (nSPS) is 16.8. The smallest absolute Gasteiger partial charge is 0.481 e. The van der Waals surface area contributed by atoms with E-state index in [-0.39, 0.29) is 17.9 Å². The highest BCUT2D eigenvalue weighted by Gasteiger charge is 2.49. The van der Waals surface area contributed by atoms with Gasteiger partial charge in [0.2, 0.25) is 0 Å². The molecule has 0 radical (unpaired) electrons. The fourth-order valence-corrected chi connectivity index (χ4v) is 12.2. The molecule has 2 fully saturated rings. The summed E-state index contributed by atoms with van der Waals surface area (Å²) in [6.07, 6.45) is 1.31. The maximum Gasteiger partial charge on any atom is 0.501 e. The highest BCUT2D eigenvalue weighted by molar-refractivity contribution is 7.99. The van der Waals surface area contributed by atoms with Crippen LogP contribution < -0.4 is 20.6 Å². The average molecular weight is 1010 g/mol. The van der Waals surface area contributed by atoms with Gasteiger partial charge in [0, 0.05) is 72.2 Å². The number of carbonyl (C=O) groups is 2. The first-order valence-electron chi connectivity index (χ1n) is 22.4. The predicted octanol–water partition coefficient (Wildman–Crippen LogP) is 9.67. The van der Waals surface area contributed by atoms with Crippen molar-refractivity contribution in [1.29, 1.82) is 0 Å². The number of hydrogen-bond donors (Lipinski definition) is 3. The van der Waals surface area contributed by atoms with Crippen molar-refractivity contribution in [2.24, 2.45) is 5.92 Å². The van der Waals surface area contributed by atoms with Crippen LogP contribution >= 0.6 is 30.9 Å². The number of carbonyl (C=O) groups excluding carboxylic acids is 1. The van der Waals surface area contributed by atoms with Crippen molar-refractivity contribution in [2.75, 3.05) is 68.4 Å². The summed E-state index contributed by atoms with van der Waals surface area (Å²) in [5.74, 6) is -1.78. The number of benzene rings is 5. The molecule has 0 spiro atoms. The maximum atomic E-state index is 14.5. The quantitative estimate of drug-likeness (QED) is 0.0535. The molecule has 5 aromatic carbocycles. The van der Waals surface area contributed by atoms with Gasteiger partial charge in [0.25, 0.3) is 15.7 Å². The lowest BCUT2D eigenvalue weighted by molar-refractivity contribution is -0.143. The van der Waals surface area contributed by atoms with Crippen LogP contribution in [0.2, 0.25) is 5.02 Å². The molecule has 2 saturated heterocycles. The first kappa shape index (κ1) is 51.0. The number of piperidine rings is 1. The van der Waals surface area contributed by atoms with Crippen molar-refractivity contribution < 1.29 is 45.4 Å². The van der Waals surface area contributed by atoms with Gasteiger partial charge in [-0.15, -0.1) is 11.8 Å².